The van der Waals surface area contributed by atoms with Crippen LogP contribution in [0.5, 0.6) is 0 Å². The van der Waals surface area contributed by atoms with Crippen LogP contribution in [0.4, 0.5) is 16.0 Å². The van der Waals surface area contributed by atoms with Gasteiger partial charge in [-0.2, -0.15) is 0 Å². The number of anilines is 1. The van der Waals surface area contributed by atoms with E-state index in [1.807, 2.05) is 10.6 Å². The lowest BCUT2D eigenvalue weighted by Gasteiger charge is -2.27. The Bertz CT molecular complexity index is 1020. The number of non-ortho nitro benzene ring substituents is 1. The molecule has 0 unspecified atom stereocenters. The smallest absolute Gasteiger partial charge is 0.269 e. The fraction of sp³-hybridized carbons (Fsp3) is 0.263. The van der Waals surface area contributed by atoms with E-state index in [-0.39, 0.29) is 11.5 Å². The molecule has 1 fully saturated rings. The van der Waals surface area contributed by atoms with Crippen molar-refractivity contribution in [2.24, 2.45) is 0 Å². The zero-order valence-corrected chi connectivity index (χ0v) is 16.2. The van der Waals surface area contributed by atoms with Crippen molar-refractivity contribution >= 4 is 23.4 Å². The number of halogens is 1. The van der Waals surface area contributed by atoms with Crippen molar-refractivity contribution in [3.63, 3.8) is 0 Å². The van der Waals surface area contributed by atoms with Gasteiger partial charge in [0.05, 0.1) is 23.8 Å². The van der Waals surface area contributed by atoms with Crippen LogP contribution in [-0.2, 0) is 10.5 Å². The van der Waals surface area contributed by atoms with Crippen molar-refractivity contribution in [2.45, 2.75) is 10.9 Å². The molecule has 0 N–H and O–H groups in total. The number of nitro groups is 1. The molecule has 10 heteroatoms. The molecule has 0 aliphatic carbocycles. The molecule has 29 heavy (non-hydrogen) atoms. The molecule has 0 amide bonds. The monoisotopic (exact) mass is 415 g/mol. The Labute approximate surface area is 170 Å². The molecular formula is C19H18FN5O3S. The maximum absolute atomic E-state index is 13.9. The molecule has 1 aliphatic heterocycles. The van der Waals surface area contributed by atoms with Crippen LogP contribution >= 0.6 is 11.8 Å². The highest BCUT2D eigenvalue weighted by Gasteiger charge is 2.22. The van der Waals surface area contributed by atoms with Crippen molar-refractivity contribution in [2.75, 3.05) is 31.2 Å². The van der Waals surface area contributed by atoms with Gasteiger partial charge in [-0.25, -0.2) is 4.39 Å². The molecular weight excluding hydrogens is 397 g/mol. The molecule has 2 heterocycles. The minimum atomic E-state index is -0.417. The van der Waals surface area contributed by atoms with Crippen LogP contribution in [0.25, 0.3) is 5.69 Å². The molecule has 1 aromatic heterocycles. The maximum atomic E-state index is 13.9. The van der Waals surface area contributed by atoms with Gasteiger partial charge in [0, 0.05) is 31.0 Å². The number of nitrogens with zero attached hydrogens (tertiary/aromatic N) is 5. The first-order valence-corrected chi connectivity index (χ1v) is 10.0. The molecule has 150 valence electrons. The summed E-state index contributed by atoms with van der Waals surface area (Å²) in [5.74, 6) is 0.748. The SMILES string of the molecule is O=[N+]([O-])c1cccc(CSc2nnc(N3CCOCC3)n2-c2cccc(F)c2)c1. The standard InChI is InChI=1S/C19H18FN5O3S/c20-15-4-2-5-16(12-15)24-18(23-7-9-28-10-8-23)21-22-19(24)29-13-14-3-1-6-17(11-14)25(26)27/h1-6,11-12H,7-10,13H2. The summed E-state index contributed by atoms with van der Waals surface area (Å²) in [6.07, 6.45) is 0. The Balaban J connectivity index is 1.65. The quantitative estimate of drug-likeness (QED) is 0.346. The Morgan fingerprint density at radius 2 is 1.93 bits per heavy atom. The van der Waals surface area contributed by atoms with Gasteiger partial charge in [0.2, 0.25) is 5.95 Å². The topological polar surface area (TPSA) is 86.3 Å². The van der Waals surface area contributed by atoms with E-state index in [0.717, 1.165) is 5.56 Å². The highest BCUT2D eigenvalue weighted by molar-refractivity contribution is 7.98. The number of morpholine rings is 1. The number of nitro benzene ring substituents is 1. The first-order valence-electron chi connectivity index (χ1n) is 9.02. The summed E-state index contributed by atoms with van der Waals surface area (Å²) in [5, 5.41) is 20.2. The number of thioether (sulfide) groups is 1. The molecule has 0 spiro atoms. The van der Waals surface area contributed by atoms with Gasteiger partial charge in [0.25, 0.3) is 5.69 Å². The van der Waals surface area contributed by atoms with E-state index in [1.165, 1.54) is 30.0 Å². The van der Waals surface area contributed by atoms with Crippen molar-refractivity contribution in [3.8, 4) is 5.69 Å². The van der Waals surface area contributed by atoms with Gasteiger partial charge in [-0.3, -0.25) is 14.7 Å². The van der Waals surface area contributed by atoms with Crippen LogP contribution in [0.15, 0.2) is 53.7 Å². The van der Waals surface area contributed by atoms with E-state index < -0.39 is 4.92 Å². The summed E-state index contributed by atoms with van der Waals surface area (Å²) in [6.45, 7) is 2.52. The van der Waals surface area contributed by atoms with E-state index in [2.05, 4.69) is 15.1 Å². The number of hydrogen-bond donors (Lipinski definition) is 0. The highest BCUT2D eigenvalue weighted by atomic mass is 32.2. The lowest BCUT2D eigenvalue weighted by Crippen LogP contribution is -2.37. The number of ether oxygens (including phenoxy) is 1. The van der Waals surface area contributed by atoms with Gasteiger partial charge in [0.1, 0.15) is 5.82 Å². The Morgan fingerprint density at radius 3 is 2.69 bits per heavy atom. The van der Waals surface area contributed by atoms with Crippen molar-refractivity contribution in [1.82, 2.24) is 14.8 Å². The number of hydrogen-bond acceptors (Lipinski definition) is 7. The molecule has 3 aromatic rings. The van der Waals surface area contributed by atoms with Crippen LogP contribution < -0.4 is 4.90 Å². The molecule has 0 saturated carbocycles. The second kappa shape index (κ2) is 8.58. The largest absolute Gasteiger partial charge is 0.378 e. The summed E-state index contributed by atoms with van der Waals surface area (Å²) in [5.41, 5.74) is 1.47. The Hall–Kier alpha value is -2.98. The zero-order chi connectivity index (χ0) is 20.2. The average Bonchev–Trinajstić information content (AvgIpc) is 3.17. The van der Waals surface area contributed by atoms with Crippen LogP contribution in [0.2, 0.25) is 0 Å². The number of benzene rings is 2. The summed E-state index contributed by atoms with van der Waals surface area (Å²) >= 11 is 1.39. The number of aromatic nitrogens is 3. The van der Waals surface area contributed by atoms with Crippen LogP contribution in [0, 0.1) is 15.9 Å². The van der Waals surface area contributed by atoms with E-state index in [9.17, 15) is 14.5 Å². The molecule has 0 radical (unpaired) electrons. The first kappa shape index (κ1) is 19.3. The highest BCUT2D eigenvalue weighted by Crippen LogP contribution is 2.30. The summed E-state index contributed by atoms with van der Waals surface area (Å²) in [7, 11) is 0. The van der Waals surface area contributed by atoms with Crippen LogP contribution in [0.3, 0.4) is 0 Å². The van der Waals surface area contributed by atoms with Gasteiger partial charge in [-0.05, 0) is 23.8 Å². The van der Waals surface area contributed by atoms with E-state index in [4.69, 9.17) is 4.74 Å². The fourth-order valence-corrected chi connectivity index (χ4v) is 3.96. The predicted molar refractivity (Wildman–Crippen MR) is 107 cm³/mol. The molecule has 8 nitrogen and oxygen atoms in total. The lowest BCUT2D eigenvalue weighted by atomic mass is 10.2. The van der Waals surface area contributed by atoms with Crippen molar-refractivity contribution in [3.05, 3.63) is 70.0 Å². The third-order valence-electron chi connectivity index (χ3n) is 4.47. The van der Waals surface area contributed by atoms with E-state index in [1.54, 1.807) is 24.3 Å². The van der Waals surface area contributed by atoms with Gasteiger partial charge in [-0.1, -0.05) is 30.0 Å². The molecule has 1 aliphatic rings. The summed E-state index contributed by atoms with van der Waals surface area (Å²) in [4.78, 5) is 12.6. The zero-order valence-electron chi connectivity index (χ0n) is 15.4. The minimum Gasteiger partial charge on any atom is -0.378 e. The predicted octanol–water partition coefficient (Wildman–Crippen LogP) is 3.44. The molecule has 0 atom stereocenters. The molecule has 2 aromatic carbocycles. The third-order valence-corrected chi connectivity index (χ3v) is 5.47. The fourth-order valence-electron chi connectivity index (χ4n) is 3.07. The maximum Gasteiger partial charge on any atom is 0.269 e. The molecule has 0 bridgehead atoms. The van der Waals surface area contributed by atoms with Gasteiger partial charge in [0.15, 0.2) is 5.16 Å². The Kier molecular flexibility index (Phi) is 5.72. The van der Waals surface area contributed by atoms with Crippen molar-refractivity contribution < 1.29 is 14.1 Å². The number of rotatable bonds is 6. The van der Waals surface area contributed by atoms with Gasteiger partial charge < -0.3 is 9.64 Å². The van der Waals surface area contributed by atoms with E-state index in [0.29, 0.717) is 48.8 Å². The second-order valence-corrected chi connectivity index (χ2v) is 7.36. The molecule has 1 saturated heterocycles. The average molecular weight is 415 g/mol. The normalized spacial score (nSPS) is 14.2. The third kappa shape index (κ3) is 4.38. The first-order chi connectivity index (χ1) is 14.1. The van der Waals surface area contributed by atoms with E-state index >= 15 is 0 Å². The molecule has 4 rings (SSSR count). The van der Waals surface area contributed by atoms with Crippen LogP contribution in [0.1, 0.15) is 5.56 Å². The summed E-state index contributed by atoms with van der Waals surface area (Å²) in [6, 6.07) is 12.7. The van der Waals surface area contributed by atoms with Gasteiger partial charge in [-0.15, -0.1) is 10.2 Å². The minimum absolute atomic E-state index is 0.0451. The van der Waals surface area contributed by atoms with Crippen LogP contribution in [-0.4, -0.2) is 46.0 Å². The van der Waals surface area contributed by atoms with Crippen molar-refractivity contribution in [1.29, 1.82) is 0 Å². The summed E-state index contributed by atoms with van der Waals surface area (Å²) < 4.78 is 21.1. The second-order valence-electron chi connectivity index (χ2n) is 6.41. The Morgan fingerprint density at radius 1 is 1.14 bits per heavy atom. The van der Waals surface area contributed by atoms with Gasteiger partial charge >= 0.3 is 0 Å². The lowest BCUT2D eigenvalue weighted by molar-refractivity contribution is -0.384.